The Morgan fingerprint density at radius 1 is 1.16 bits per heavy atom. The van der Waals surface area contributed by atoms with Gasteiger partial charge >= 0.3 is 0 Å². The monoisotopic (exact) mass is 424 g/mol. The number of para-hydroxylation sites is 1. The highest BCUT2D eigenvalue weighted by Crippen LogP contribution is 2.27. The molecule has 4 rings (SSSR count). The number of carbonyl (C=O) groups excluding carboxylic acids is 1. The molecule has 1 aromatic carbocycles. The second kappa shape index (κ2) is 10.8. The van der Waals surface area contributed by atoms with E-state index in [1.165, 1.54) is 5.69 Å². The lowest BCUT2D eigenvalue weighted by atomic mass is 9.81. The van der Waals surface area contributed by atoms with Crippen molar-refractivity contribution in [3.05, 3.63) is 47.9 Å². The molecule has 2 fully saturated rings. The number of benzene rings is 1. The molecular weight excluding hydrogens is 388 g/mol. The zero-order valence-electron chi connectivity index (χ0n) is 18.8. The van der Waals surface area contributed by atoms with Gasteiger partial charge < -0.3 is 19.6 Å². The summed E-state index contributed by atoms with van der Waals surface area (Å²) < 4.78 is 5.52. The van der Waals surface area contributed by atoms with Crippen LogP contribution in [0.2, 0.25) is 0 Å². The van der Waals surface area contributed by atoms with Crippen LogP contribution in [-0.4, -0.2) is 55.2 Å². The topological polar surface area (TPSA) is 61.6 Å². The molecule has 0 bridgehead atoms. The highest BCUT2D eigenvalue weighted by molar-refractivity contribution is 5.77. The van der Waals surface area contributed by atoms with Crippen molar-refractivity contribution >= 4 is 11.6 Å². The standard InChI is InChI=1S/C25H36N4O2/c1-2-3-9-24-18-22(27-31-24)16-21-19-26-11-10-20(21)17-25(30)29-14-12-28(13-15-29)23-7-5-4-6-8-23/h4-8,18,20-21,26H,2-3,9-17,19H2,1H3/t20-,21+/m0/s1. The van der Waals surface area contributed by atoms with Crippen LogP contribution in [0, 0.1) is 11.8 Å². The quantitative estimate of drug-likeness (QED) is 0.703. The molecule has 2 saturated heterocycles. The number of hydrogen-bond acceptors (Lipinski definition) is 5. The molecule has 168 valence electrons. The minimum Gasteiger partial charge on any atom is -0.368 e. The first kappa shape index (κ1) is 21.9. The maximum atomic E-state index is 13.1. The number of nitrogens with one attached hydrogen (secondary N) is 1. The smallest absolute Gasteiger partial charge is 0.222 e. The van der Waals surface area contributed by atoms with E-state index in [9.17, 15) is 4.79 Å². The summed E-state index contributed by atoms with van der Waals surface area (Å²) in [5.74, 6) is 2.15. The number of carbonyl (C=O) groups is 1. The van der Waals surface area contributed by atoms with Crippen LogP contribution in [0.4, 0.5) is 5.69 Å². The van der Waals surface area contributed by atoms with Crippen LogP contribution >= 0.6 is 0 Å². The number of hydrogen-bond donors (Lipinski definition) is 1. The molecule has 1 aromatic heterocycles. The van der Waals surface area contributed by atoms with Gasteiger partial charge in [-0.3, -0.25) is 4.79 Å². The van der Waals surface area contributed by atoms with Crippen LogP contribution < -0.4 is 10.2 Å². The summed E-state index contributed by atoms with van der Waals surface area (Å²) in [4.78, 5) is 17.5. The average Bonchev–Trinajstić information content (AvgIpc) is 3.27. The highest BCUT2D eigenvalue weighted by Gasteiger charge is 2.30. The van der Waals surface area contributed by atoms with Crippen LogP contribution in [0.3, 0.4) is 0 Å². The number of piperazine rings is 1. The molecule has 1 N–H and O–H groups in total. The number of piperidine rings is 1. The van der Waals surface area contributed by atoms with E-state index >= 15 is 0 Å². The van der Waals surface area contributed by atoms with Crippen molar-refractivity contribution in [1.29, 1.82) is 0 Å². The van der Waals surface area contributed by atoms with Crippen molar-refractivity contribution in [2.45, 2.75) is 45.4 Å². The first-order chi connectivity index (χ1) is 15.2. The third-order valence-electron chi connectivity index (χ3n) is 6.81. The molecule has 1 amide bonds. The van der Waals surface area contributed by atoms with Gasteiger partial charge in [-0.25, -0.2) is 0 Å². The molecule has 6 heteroatoms. The van der Waals surface area contributed by atoms with E-state index < -0.39 is 0 Å². The SMILES string of the molecule is CCCCc1cc(C[C@@H]2CNCC[C@H]2CC(=O)N2CCN(c3ccccc3)CC2)no1. The van der Waals surface area contributed by atoms with Crippen molar-refractivity contribution in [2.75, 3.05) is 44.2 Å². The van der Waals surface area contributed by atoms with E-state index in [0.29, 0.717) is 24.2 Å². The maximum absolute atomic E-state index is 13.1. The van der Waals surface area contributed by atoms with Gasteiger partial charge in [0.05, 0.1) is 5.69 Å². The number of aromatic nitrogens is 1. The van der Waals surface area contributed by atoms with Crippen LogP contribution in [0.5, 0.6) is 0 Å². The molecule has 6 nitrogen and oxygen atoms in total. The number of unbranched alkanes of at least 4 members (excludes halogenated alkanes) is 1. The molecular formula is C25H36N4O2. The van der Waals surface area contributed by atoms with Gasteiger partial charge in [-0.1, -0.05) is 36.7 Å². The Hall–Kier alpha value is -2.34. The summed E-state index contributed by atoms with van der Waals surface area (Å²) in [6, 6.07) is 12.6. The Kier molecular flexibility index (Phi) is 7.62. The van der Waals surface area contributed by atoms with E-state index in [0.717, 1.165) is 82.8 Å². The Balaban J connectivity index is 1.29. The Labute approximate surface area is 186 Å². The molecule has 0 radical (unpaired) electrons. The summed E-state index contributed by atoms with van der Waals surface area (Å²) in [6.07, 6.45) is 5.85. The second-order valence-electron chi connectivity index (χ2n) is 9.01. The van der Waals surface area contributed by atoms with Gasteiger partial charge in [0, 0.05) is 50.8 Å². The fourth-order valence-electron chi connectivity index (χ4n) is 4.88. The minimum absolute atomic E-state index is 0.313. The van der Waals surface area contributed by atoms with Crippen molar-refractivity contribution < 1.29 is 9.32 Å². The van der Waals surface area contributed by atoms with Crippen molar-refractivity contribution in [3.63, 3.8) is 0 Å². The largest absolute Gasteiger partial charge is 0.368 e. The van der Waals surface area contributed by atoms with E-state index in [1.807, 2.05) is 6.07 Å². The number of nitrogens with zero attached hydrogens (tertiary/aromatic N) is 3. The van der Waals surface area contributed by atoms with Crippen molar-refractivity contribution in [1.82, 2.24) is 15.4 Å². The Morgan fingerprint density at radius 3 is 2.74 bits per heavy atom. The van der Waals surface area contributed by atoms with E-state index in [2.05, 4.69) is 57.5 Å². The minimum atomic E-state index is 0.313. The molecule has 0 spiro atoms. The third-order valence-corrected chi connectivity index (χ3v) is 6.81. The van der Waals surface area contributed by atoms with Gasteiger partial charge in [0.25, 0.3) is 0 Å². The zero-order valence-corrected chi connectivity index (χ0v) is 18.8. The highest BCUT2D eigenvalue weighted by atomic mass is 16.5. The van der Waals surface area contributed by atoms with E-state index in [-0.39, 0.29) is 0 Å². The summed E-state index contributed by atoms with van der Waals surface area (Å²) in [5.41, 5.74) is 2.28. The van der Waals surface area contributed by atoms with Gasteiger partial charge in [-0.15, -0.1) is 0 Å². The van der Waals surface area contributed by atoms with E-state index in [4.69, 9.17) is 4.52 Å². The fraction of sp³-hybridized carbons (Fsp3) is 0.600. The van der Waals surface area contributed by atoms with Crippen LogP contribution in [0.25, 0.3) is 0 Å². The number of amides is 1. The first-order valence-corrected chi connectivity index (χ1v) is 12.0. The van der Waals surface area contributed by atoms with Crippen molar-refractivity contribution in [3.8, 4) is 0 Å². The van der Waals surface area contributed by atoms with Gasteiger partial charge in [0.15, 0.2) is 0 Å². The second-order valence-corrected chi connectivity index (χ2v) is 9.01. The van der Waals surface area contributed by atoms with Gasteiger partial charge in [-0.05, 0) is 56.3 Å². The van der Waals surface area contributed by atoms with Gasteiger partial charge in [0.1, 0.15) is 5.76 Å². The Morgan fingerprint density at radius 2 is 1.97 bits per heavy atom. The molecule has 2 aliphatic rings. The summed E-state index contributed by atoms with van der Waals surface area (Å²) in [5, 5.41) is 7.81. The summed E-state index contributed by atoms with van der Waals surface area (Å²) in [6.45, 7) is 7.58. The normalized spacial score (nSPS) is 22.0. The molecule has 3 heterocycles. The zero-order chi connectivity index (χ0) is 21.5. The third kappa shape index (κ3) is 5.88. The molecule has 0 unspecified atom stereocenters. The molecule has 31 heavy (non-hydrogen) atoms. The summed E-state index contributed by atoms with van der Waals surface area (Å²) in [7, 11) is 0. The molecule has 0 saturated carbocycles. The maximum Gasteiger partial charge on any atom is 0.222 e. The van der Waals surface area contributed by atoms with Crippen LogP contribution in [0.15, 0.2) is 40.9 Å². The van der Waals surface area contributed by atoms with Crippen molar-refractivity contribution in [2.24, 2.45) is 11.8 Å². The van der Waals surface area contributed by atoms with Gasteiger partial charge in [0.2, 0.25) is 5.91 Å². The lowest BCUT2D eigenvalue weighted by Gasteiger charge is -2.38. The van der Waals surface area contributed by atoms with Gasteiger partial charge in [-0.2, -0.15) is 0 Å². The fourth-order valence-corrected chi connectivity index (χ4v) is 4.88. The predicted molar refractivity (Wildman–Crippen MR) is 123 cm³/mol. The van der Waals surface area contributed by atoms with Crippen LogP contribution in [-0.2, 0) is 17.6 Å². The average molecular weight is 425 g/mol. The summed E-state index contributed by atoms with van der Waals surface area (Å²) >= 11 is 0. The Bertz CT molecular complexity index is 814. The molecule has 2 atom stereocenters. The number of anilines is 1. The van der Waals surface area contributed by atoms with E-state index in [1.54, 1.807) is 0 Å². The lowest BCUT2D eigenvalue weighted by molar-refractivity contribution is -0.133. The van der Waals surface area contributed by atoms with Crippen LogP contribution in [0.1, 0.15) is 44.1 Å². The molecule has 2 aliphatic heterocycles. The first-order valence-electron chi connectivity index (χ1n) is 12.0. The number of aryl methyl sites for hydroxylation is 1. The predicted octanol–water partition coefficient (Wildman–Crippen LogP) is 3.52. The molecule has 0 aliphatic carbocycles. The molecule has 2 aromatic rings. The number of rotatable bonds is 8. The lowest BCUT2D eigenvalue weighted by Crippen LogP contribution is -2.50.